The Morgan fingerprint density at radius 2 is 2.25 bits per heavy atom. The number of β-amino-alcohol motifs (C(OH)–C–C–N with tert-alkyl or cyclic N) is 1. The largest absolute Gasteiger partial charge is 0.391 e. The smallest absolute Gasteiger partial charge is 0.132 e. The highest BCUT2D eigenvalue weighted by molar-refractivity contribution is 5.82. The summed E-state index contributed by atoms with van der Waals surface area (Å²) in [6.45, 7) is 2.85. The fourth-order valence-electron chi connectivity index (χ4n) is 2.66. The third-order valence-electron chi connectivity index (χ3n) is 3.83. The minimum atomic E-state index is -0.286. The van der Waals surface area contributed by atoms with Crippen molar-refractivity contribution in [2.24, 2.45) is 5.92 Å². The molecule has 4 nitrogen and oxygen atoms in total. The number of hydrogen-bond donors (Lipinski definition) is 3. The number of hydrogen-bond acceptors (Lipinski definition) is 4. The average molecular weight is 275 g/mol. The zero-order chi connectivity index (χ0) is 13.9. The minimum absolute atomic E-state index is 0.231. The number of fused-ring (bicyclic) bond motifs is 1. The Hall–Kier alpha value is -1.56. The fourth-order valence-corrected chi connectivity index (χ4v) is 2.66. The number of nitrogens with zero attached hydrogens (tertiary/aromatic N) is 1. The number of benzene rings is 1. The molecule has 0 amide bonds. The lowest BCUT2D eigenvalue weighted by Gasteiger charge is -2.14. The van der Waals surface area contributed by atoms with E-state index in [2.05, 4.69) is 15.6 Å². The zero-order valence-electron chi connectivity index (χ0n) is 11.1. The number of halogens is 1. The van der Waals surface area contributed by atoms with Gasteiger partial charge in [0, 0.05) is 43.7 Å². The number of pyridine rings is 1. The molecule has 1 aliphatic heterocycles. The molecule has 106 valence electrons. The Bertz CT molecular complexity index is 605. The molecule has 0 spiro atoms. The second-order valence-corrected chi connectivity index (χ2v) is 5.22. The third kappa shape index (κ3) is 2.65. The van der Waals surface area contributed by atoms with Gasteiger partial charge in [0.25, 0.3) is 0 Å². The molecule has 1 fully saturated rings. The van der Waals surface area contributed by atoms with E-state index in [0.29, 0.717) is 24.0 Å². The van der Waals surface area contributed by atoms with E-state index in [-0.39, 0.29) is 17.8 Å². The Labute approximate surface area is 117 Å². The molecule has 0 bridgehead atoms. The van der Waals surface area contributed by atoms with Crippen LogP contribution in [0.15, 0.2) is 30.5 Å². The van der Waals surface area contributed by atoms with Crippen molar-refractivity contribution >= 4 is 10.9 Å². The lowest BCUT2D eigenvalue weighted by Crippen LogP contribution is -2.30. The van der Waals surface area contributed by atoms with Crippen molar-refractivity contribution in [3.05, 3.63) is 41.8 Å². The van der Waals surface area contributed by atoms with Gasteiger partial charge in [-0.25, -0.2) is 4.39 Å². The fraction of sp³-hybridized carbons (Fsp3) is 0.400. The van der Waals surface area contributed by atoms with Gasteiger partial charge in [-0.1, -0.05) is 6.07 Å². The number of rotatable bonds is 4. The highest BCUT2D eigenvalue weighted by atomic mass is 19.1. The first kappa shape index (κ1) is 13.4. The zero-order valence-corrected chi connectivity index (χ0v) is 11.1. The van der Waals surface area contributed by atoms with Crippen LogP contribution in [-0.4, -0.2) is 35.8 Å². The predicted octanol–water partition coefficient (Wildman–Crippen LogP) is 1.04. The highest BCUT2D eigenvalue weighted by Gasteiger charge is 2.24. The summed E-state index contributed by atoms with van der Waals surface area (Å²) in [6.07, 6.45) is 1.39. The molecule has 1 aromatic heterocycles. The van der Waals surface area contributed by atoms with Crippen molar-refractivity contribution in [2.45, 2.75) is 12.6 Å². The van der Waals surface area contributed by atoms with Crippen molar-refractivity contribution in [2.75, 3.05) is 19.6 Å². The van der Waals surface area contributed by atoms with Crippen molar-refractivity contribution in [1.82, 2.24) is 15.6 Å². The predicted molar refractivity (Wildman–Crippen MR) is 75.8 cm³/mol. The summed E-state index contributed by atoms with van der Waals surface area (Å²) in [4.78, 5) is 4.27. The van der Waals surface area contributed by atoms with Crippen LogP contribution in [0.4, 0.5) is 4.39 Å². The second kappa shape index (κ2) is 5.83. The number of aliphatic hydroxyl groups is 1. The molecule has 2 heterocycles. The van der Waals surface area contributed by atoms with Gasteiger partial charge in [-0.05, 0) is 23.8 Å². The quantitative estimate of drug-likeness (QED) is 0.780. The van der Waals surface area contributed by atoms with Gasteiger partial charge in [0.05, 0.1) is 11.6 Å². The van der Waals surface area contributed by atoms with Gasteiger partial charge in [0.1, 0.15) is 5.82 Å². The van der Waals surface area contributed by atoms with Crippen molar-refractivity contribution in [3.8, 4) is 0 Å². The van der Waals surface area contributed by atoms with E-state index >= 15 is 0 Å². The van der Waals surface area contributed by atoms with Crippen molar-refractivity contribution in [1.29, 1.82) is 0 Å². The van der Waals surface area contributed by atoms with Gasteiger partial charge in [-0.2, -0.15) is 0 Å². The molecular formula is C15H18FN3O. The molecule has 0 saturated carbocycles. The van der Waals surface area contributed by atoms with Crippen LogP contribution in [0.25, 0.3) is 10.9 Å². The van der Waals surface area contributed by atoms with E-state index in [1.165, 1.54) is 6.07 Å². The van der Waals surface area contributed by atoms with Crippen molar-refractivity contribution < 1.29 is 9.50 Å². The van der Waals surface area contributed by atoms with Crippen LogP contribution in [0.3, 0.4) is 0 Å². The van der Waals surface area contributed by atoms with E-state index in [1.807, 2.05) is 0 Å². The first-order valence-electron chi connectivity index (χ1n) is 6.87. The van der Waals surface area contributed by atoms with Gasteiger partial charge in [0.2, 0.25) is 0 Å². The third-order valence-corrected chi connectivity index (χ3v) is 3.83. The van der Waals surface area contributed by atoms with Gasteiger partial charge in [0.15, 0.2) is 0 Å². The molecule has 1 saturated heterocycles. The molecular weight excluding hydrogens is 257 g/mol. The molecule has 0 aliphatic carbocycles. The lowest BCUT2D eigenvalue weighted by atomic mass is 10.1. The van der Waals surface area contributed by atoms with Crippen LogP contribution >= 0.6 is 0 Å². The maximum absolute atomic E-state index is 13.7. The Kier molecular flexibility index (Phi) is 3.91. The standard InChI is InChI=1S/C15H18FN3O/c16-13-4-3-10(15-12(13)2-1-5-19-15)6-17-7-11-8-18-9-14(11)20/h1-5,11,14,17-18,20H,6-9H2. The first-order valence-corrected chi connectivity index (χ1v) is 6.87. The topological polar surface area (TPSA) is 57.2 Å². The Morgan fingerprint density at radius 1 is 1.35 bits per heavy atom. The molecule has 2 unspecified atom stereocenters. The first-order chi connectivity index (χ1) is 9.75. The number of aliphatic hydroxyl groups excluding tert-OH is 1. The second-order valence-electron chi connectivity index (χ2n) is 5.22. The van der Waals surface area contributed by atoms with E-state index < -0.39 is 0 Å². The van der Waals surface area contributed by atoms with E-state index in [1.54, 1.807) is 24.4 Å². The summed E-state index contributed by atoms with van der Waals surface area (Å²) in [6, 6.07) is 6.73. The summed E-state index contributed by atoms with van der Waals surface area (Å²) in [7, 11) is 0. The molecule has 1 aromatic carbocycles. The van der Waals surface area contributed by atoms with Crippen LogP contribution in [-0.2, 0) is 6.54 Å². The molecule has 2 atom stereocenters. The summed E-state index contributed by atoms with van der Waals surface area (Å²) >= 11 is 0. The van der Waals surface area contributed by atoms with Crippen LogP contribution in [0.5, 0.6) is 0 Å². The summed E-state index contributed by atoms with van der Waals surface area (Å²) in [5, 5.41) is 16.8. The van der Waals surface area contributed by atoms with Gasteiger partial charge >= 0.3 is 0 Å². The summed E-state index contributed by atoms with van der Waals surface area (Å²) in [5.41, 5.74) is 1.67. The van der Waals surface area contributed by atoms with Crippen molar-refractivity contribution in [3.63, 3.8) is 0 Å². The maximum atomic E-state index is 13.7. The summed E-state index contributed by atoms with van der Waals surface area (Å²) < 4.78 is 13.7. The van der Waals surface area contributed by atoms with E-state index in [9.17, 15) is 9.50 Å². The van der Waals surface area contributed by atoms with Crippen LogP contribution in [0.2, 0.25) is 0 Å². The molecule has 5 heteroatoms. The maximum Gasteiger partial charge on any atom is 0.132 e. The Balaban J connectivity index is 1.70. The monoisotopic (exact) mass is 275 g/mol. The molecule has 1 aliphatic rings. The summed E-state index contributed by atoms with van der Waals surface area (Å²) in [5.74, 6) is -0.0121. The number of nitrogens with one attached hydrogen (secondary N) is 2. The normalized spacial score (nSPS) is 22.5. The molecule has 20 heavy (non-hydrogen) atoms. The molecule has 3 rings (SSSR count). The average Bonchev–Trinajstić information content (AvgIpc) is 2.87. The van der Waals surface area contributed by atoms with E-state index in [4.69, 9.17) is 0 Å². The van der Waals surface area contributed by atoms with Gasteiger partial charge in [-0.15, -0.1) is 0 Å². The van der Waals surface area contributed by atoms with Crippen LogP contribution in [0.1, 0.15) is 5.56 Å². The lowest BCUT2D eigenvalue weighted by molar-refractivity contribution is 0.146. The Morgan fingerprint density at radius 3 is 3.05 bits per heavy atom. The van der Waals surface area contributed by atoms with Gasteiger partial charge < -0.3 is 15.7 Å². The van der Waals surface area contributed by atoms with E-state index in [0.717, 1.165) is 18.7 Å². The van der Waals surface area contributed by atoms with Crippen LogP contribution in [0, 0.1) is 11.7 Å². The minimum Gasteiger partial charge on any atom is -0.391 e. The highest BCUT2D eigenvalue weighted by Crippen LogP contribution is 2.19. The molecule has 2 aromatic rings. The van der Waals surface area contributed by atoms with Gasteiger partial charge in [-0.3, -0.25) is 4.98 Å². The number of aromatic nitrogens is 1. The molecule has 0 radical (unpaired) electrons. The molecule has 3 N–H and O–H groups in total. The van der Waals surface area contributed by atoms with Crippen LogP contribution < -0.4 is 10.6 Å². The SMILES string of the molecule is OC1CNCC1CNCc1ccc(F)c2cccnc12.